The summed E-state index contributed by atoms with van der Waals surface area (Å²) in [4.78, 5) is 0. The Labute approximate surface area is 279 Å². The van der Waals surface area contributed by atoms with Gasteiger partial charge in [-0.1, -0.05) is 183 Å². The molecule has 0 aliphatic rings. The first-order valence-electron chi connectivity index (χ1n) is 16.5. The molecule has 0 aliphatic heterocycles. The zero-order chi connectivity index (χ0) is 31.8. The van der Waals surface area contributed by atoms with Crippen LogP contribution in [0.4, 0.5) is 0 Å². The SMILES string of the molecule is C[Si](c1ccccc1)(c1ccccc1)c1ccc([Si](C)(c2ccccc2)c2ccccc2)c(-n2c3ccccc3c3ccccc32)c1. The molecule has 0 saturated heterocycles. The van der Waals surface area contributed by atoms with Gasteiger partial charge in [-0.2, -0.15) is 0 Å². The molecule has 8 aromatic rings. The van der Waals surface area contributed by atoms with E-state index in [0.29, 0.717) is 0 Å². The van der Waals surface area contributed by atoms with Crippen LogP contribution in [0.1, 0.15) is 0 Å². The van der Waals surface area contributed by atoms with E-state index in [1.165, 1.54) is 58.6 Å². The first-order valence-corrected chi connectivity index (χ1v) is 21.5. The zero-order valence-electron chi connectivity index (χ0n) is 26.8. The molecule has 7 aromatic carbocycles. The summed E-state index contributed by atoms with van der Waals surface area (Å²) >= 11 is 0. The van der Waals surface area contributed by atoms with Crippen molar-refractivity contribution in [1.29, 1.82) is 0 Å². The number of hydrogen-bond donors (Lipinski definition) is 0. The number of nitrogens with zero attached hydrogens (tertiary/aromatic N) is 1. The van der Waals surface area contributed by atoms with Crippen molar-refractivity contribution in [3.63, 3.8) is 0 Å². The van der Waals surface area contributed by atoms with Crippen molar-refractivity contribution in [1.82, 2.24) is 4.57 Å². The van der Waals surface area contributed by atoms with Gasteiger partial charge in [0.15, 0.2) is 0 Å². The van der Waals surface area contributed by atoms with Crippen LogP contribution in [-0.4, -0.2) is 20.7 Å². The molecule has 1 nitrogen and oxygen atoms in total. The predicted octanol–water partition coefficient (Wildman–Crippen LogP) is 6.98. The Balaban J connectivity index is 1.52. The number of fused-ring (bicyclic) bond motifs is 3. The van der Waals surface area contributed by atoms with Gasteiger partial charge in [0.2, 0.25) is 0 Å². The maximum Gasteiger partial charge on any atom is 0.148 e. The quantitative estimate of drug-likeness (QED) is 0.132. The number of benzene rings is 7. The summed E-state index contributed by atoms with van der Waals surface area (Å²) in [5.41, 5.74) is 3.77. The standard InChI is InChI=1S/C44H37NSi2/c1-46(34-19-7-3-8-20-34,35-21-9-4-10-22-35)38-31-32-44(47(2,36-23-11-5-12-24-36)37-25-13-6-14-26-37)43(33-38)45-41-29-17-15-27-39(41)40-28-16-18-30-42(40)45/h3-33H,1-2H3. The highest BCUT2D eigenvalue weighted by molar-refractivity contribution is 7.12. The lowest BCUT2D eigenvalue weighted by Crippen LogP contribution is -2.67. The highest BCUT2D eigenvalue weighted by atomic mass is 28.3. The van der Waals surface area contributed by atoms with Crippen LogP contribution < -0.4 is 31.1 Å². The topological polar surface area (TPSA) is 4.93 Å². The highest BCUT2D eigenvalue weighted by Crippen LogP contribution is 2.32. The lowest BCUT2D eigenvalue weighted by Gasteiger charge is -2.35. The number of rotatable bonds is 7. The van der Waals surface area contributed by atoms with Gasteiger partial charge in [0.05, 0.1) is 11.0 Å². The van der Waals surface area contributed by atoms with Crippen molar-refractivity contribution < 1.29 is 0 Å². The molecule has 0 aliphatic carbocycles. The summed E-state index contributed by atoms with van der Waals surface area (Å²) in [6.07, 6.45) is 0. The molecule has 47 heavy (non-hydrogen) atoms. The molecule has 0 bridgehead atoms. The smallest absolute Gasteiger partial charge is 0.148 e. The summed E-state index contributed by atoms with van der Waals surface area (Å²) in [7, 11) is -4.89. The Bertz CT molecular complexity index is 2180. The molecule has 3 heteroatoms. The van der Waals surface area contributed by atoms with Crippen molar-refractivity contribution >= 4 is 69.1 Å². The second kappa shape index (κ2) is 11.9. The first kappa shape index (κ1) is 29.2. The largest absolute Gasteiger partial charge is 0.309 e. The Morgan fingerprint density at radius 2 is 0.702 bits per heavy atom. The normalized spacial score (nSPS) is 12.0. The summed E-state index contributed by atoms with van der Waals surface area (Å²) < 4.78 is 2.56. The molecule has 0 saturated carbocycles. The van der Waals surface area contributed by atoms with Crippen molar-refractivity contribution in [2.75, 3.05) is 0 Å². The molecule has 226 valence electrons. The average Bonchev–Trinajstić information content (AvgIpc) is 3.49. The third-order valence-corrected chi connectivity index (χ3v) is 19.3. The molecule has 8 rings (SSSR count). The summed E-state index contributed by atoms with van der Waals surface area (Å²) in [6.45, 7) is 5.06. The molecule has 0 atom stereocenters. The van der Waals surface area contributed by atoms with Crippen LogP contribution in [0.15, 0.2) is 188 Å². The van der Waals surface area contributed by atoms with Gasteiger partial charge in [0.25, 0.3) is 0 Å². The van der Waals surface area contributed by atoms with E-state index in [-0.39, 0.29) is 0 Å². The van der Waals surface area contributed by atoms with Gasteiger partial charge in [-0.15, -0.1) is 0 Å². The summed E-state index contributed by atoms with van der Waals surface area (Å²) in [5, 5.41) is 11.0. The third kappa shape index (κ3) is 4.74. The maximum atomic E-state index is 2.57. The van der Waals surface area contributed by atoms with Crippen molar-refractivity contribution in [3.8, 4) is 5.69 Å². The maximum absolute atomic E-state index is 2.57. The fourth-order valence-corrected chi connectivity index (χ4v) is 15.0. The zero-order valence-corrected chi connectivity index (χ0v) is 28.8. The summed E-state index contributed by atoms with van der Waals surface area (Å²) in [6, 6.07) is 70.2. The van der Waals surface area contributed by atoms with E-state index >= 15 is 0 Å². The third-order valence-electron chi connectivity index (χ3n) is 10.3. The van der Waals surface area contributed by atoms with Gasteiger partial charge in [0.1, 0.15) is 16.1 Å². The average molecular weight is 636 g/mol. The molecule has 0 amide bonds. The summed E-state index contributed by atoms with van der Waals surface area (Å²) in [5.74, 6) is 0. The van der Waals surface area contributed by atoms with Crippen molar-refractivity contribution in [3.05, 3.63) is 188 Å². The van der Waals surface area contributed by atoms with E-state index in [1.54, 1.807) is 0 Å². The molecule has 0 radical (unpaired) electrons. The Morgan fingerprint density at radius 3 is 1.13 bits per heavy atom. The molecular formula is C44H37NSi2. The number of aromatic nitrogens is 1. The van der Waals surface area contributed by atoms with Gasteiger partial charge >= 0.3 is 0 Å². The molecule has 0 unspecified atom stereocenters. The van der Waals surface area contributed by atoms with Crippen LogP contribution >= 0.6 is 0 Å². The van der Waals surface area contributed by atoms with Crippen LogP contribution in [0.25, 0.3) is 27.5 Å². The van der Waals surface area contributed by atoms with Crippen molar-refractivity contribution in [2.24, 2.45) is 0 Å². The Hall–Kier alpha value is -5.23. The first-order chi connectivity index (χ1) is 23.1. The molecule has 0 N–H and O–H groups in total. The molecular weight excluding hydrogens is 599 g/mol. The van der Waals surface area contributed by atoms with Gasteiger partial charge < -0.3 is 4.57 Å². The van der Waals surface area contributed by atoms with E-state index in [2.05, 4.69) is 206 Å². The number of hydrogen-bond acceptors (Lipinski definition) is 0. The fraction of sp³-hybridized carbons (Fsp3) is 0.0455. The van der Waals surface area contributed by atoms with Crippen LogP contribution in [0.3, 0.4) is 0 Å². The van der Waals surface area contributed by atoms with Crippen LogP contribution in [-0.2, 0) is 0 Å². The lowest BCUT2D eigenvalue weighted by molar-refractivity contribution is 1.19. The lowest BCUT2D eigenvalue weighted by atomic mass is 10.2. The monoisotopic (exact) mass is 635 g/mol. The van der Waals surface area contributed by atoms with Crippen LogP contribution in [0.2, 0.25) is 13.1 Å². The van der Waals surface area contributed by atoms with E-state index in [0.717, 1.165) is 0 Å². The second-order valence-corrected chi connectivity index (χ2v) is 20.7. The Kier molecular flexibility index (Phi) is 7.36. The van der Waals surface area contributed by atoms with E-state index in [1.807, 2.05) is 0 Å². The van der Waals surface area contributed by atoms with E-state index in [4.69, 9.17) is 0 Å². The van der Waals surface area contributed by atoms with Crippen LogP contribution in [0, 0.1) is 0 Å². The molecule has 0 spiro atoms. The predicted molar refractivity (Wildman–Crippen MR) is 208 cm³/mol. The van der Waals surface area contributed by atoms with Gasteiger partial charge in [0, 0.05) is 16.5 Å². The minimum atomic E-state index is -2.50. The van der Waals surface area contributed by atoms with Gasteiger partial charge in [-0.25, -0.2) is 0 Å². The minimum Gasteiger partial charge on any atom is -0.309 e. The van der Waals surface area contributed by atoms with Crippen molar-refractivity contribution in [2.45, 2.75) is 13.1 Å². The number of para-hydroxylation sites is 2. The van der Waals surface area contributed by atoms with E-state index in [9.17, 15) is 0 Å². The van der Waals surface area contributed by atoms with Gasteiger partial charge in [-0.05, 0) is 49.3 Å². The Morgan fingerprint density at radius 1 is 0.340 bits per heavy atom. The second-order valence-electron chi connectivity index (χ2n) is 12.8. The fourth-order valence-electron chi connectivity index (χ4n) is 7.70. The highest BCUT2D eigenvalue weighted by Gasteiger charge is 2.39. The molecule has 1 aromatic heterocycles. The van der Waals surface area contributed by atoms with Crippen LogP contribution in [0.5, 0.6) is 0 Å². The van der Waals surface area contributed by atoms with Gasteiger partial charge in [-0.3, -0.25) is 0 Å². The minimum absolute atomic E-state index is 1.24. The molecule has 0 fully saturated rings. The molecule has 1 heterocycles. The van der Waals surface area contributed by atoms with E-state index < -0.39 is 16.1 Å².